The molecule has 2 aliphatic heterocycles. The van der Waals surface area contributed by atoms with Gasteiger partial charge in [0.1, 0.15) is 0 Å². The van der Waals surface area contributed by atoms with Gasteiger partial charge in [-0.25, -0.2) is 0 Å². The van der Waals surface area contributed by atoms with Crippen molar-refractivity contribution in [3.8, 4) is 11.5 Å². The summed E-state index contributed by atoms with van der Waals surface area (Å²) >= 11 is 4.08. The minimum Gasteiger partial charge on any atom is -0.334 e. The summed E-state index contributed by atoms with van der Waals surface area (Å²) < 4.78 is 6.07. The van der Waals surface area contributed by atoms with Crippen LogP contribution in [0, 0.1) is 0 Å². The fourth-order valence-corrected chi connectivity index (χ4v) is 5.94. The third-order valence-electron chi connectivity index (χ3n) is 4.51. The molecular formula is C17H22N4OS2. The molecule has 0 amide bonds. The van der Waals surface area contributed by atoms with Crippen LogP contribution in [0.3, 0.4) is 0 Å². The Balaban J connectivity index is 1.49. The van der Waals surface area contributed by atoms with Crippen molar-refractivity contribution >= 4 is 23.5 Å². The quantitative estimate of drug-likeness (QED) is 0.900. The first-order valence-corrected chi connectivity index (χ1v) is 10.5. The number of nitrogens with zero attached hydrogens (tertiary/aromatic N) is 3. The lowest BCUT2D eigenvalue weighted by molar-refractivity contribution is 0.190. The van der Waals surface area contributed by atoms with E-state index >= 15 is 0 Å². The highest BCUT2D eigenvalue weighted by Gasteiger charge is 2.25. The molecule has 1 atom stereocenters. The number of hydrogen-bond donors (Lipinski definition) is 1. The number of likely N-dealkylation sites (N-methyl/N-ethyl adjacent to an activating group) is 1. The van der Waals surface area contributed by atoms with E-state index in [9.17, 15) is 0 Å². The number of thioether (sulfide) groups is 2. The molecule has 1 aromatic carbocycles. The zero-order valence-corrected chi connectivity index (χ0v) is 15.4. The van der Waals surface area contributed by atoms with Crippen LogP contribution < -0.4 is 5.32 Å². The van der Waals surface area contributed by atoms with Crippen molar-refractivity contribution in [3.05, 3.63) is 35.7 Å². The molecule has 5 nitrogen and oxygen atoms in total. The Hall–Kier alpha value is -1.02. The van der Waals surface area contributed by atoms with E-state index in [2.05, 4.69) is 51.7 Å². The van der Waals surface area contributed by atoms with Crippen LogP contribution >= 0.6 is 23.5 Å². The molecule has 1 unspecified atom stereocenters. The fraction of sp³-hybridized carbons (Fsp3) is 0.529. The number of hydrogen-bond acceptors (Lipinski definition) is 7. The van der Waals surface area contributed by atoms with E-state index in [0.29, 0.717) is 10.5 Å². The van der Waals surface area contributed by atoms with Crippen LogP contribution in [-0.2, 0) is 0 Å². The zero-order valence-electron chi connectivity index (χ0n) is 13.8. The van der Waals surface area contributed by atoms with Crippen LogP contribution in [0.4, 0.5) is 0 Å². The van der Waals surface area contributed by atoms with Crippen molar-refractivity contribution in [2.24, 2.45) is 0 Å². The Morgan fingerprint density at radius 2 is 2.00 bits per heavy atom. The van der Waals surface area contributed by atoms with Gasteiger partial charge in [0.15, 0.2) is 5.82 Å². The summed E-state index contributed by atoms with van der Waals surface area (Å²) in [7, 11) is 2.11. The summed E-state index contributed by atoms with van der Waals surface area (Å²) in [4.78, 5) is 6.90. The van der Waals surface area contributed by atoms with Gasteiger partial charge in [-0.2, -0.15) is 4.98 Å². The number of benzene rings is 1. The molecule has 2 aromatic rings. The predicted molar refractivity (Wildman–Crippen MR) is 100 cm³/mol. The molecule has 0 aliphatic carbocycles. The topological polar surface area (TPSA) is 54.2 Å². The fourth-order valence-electron chi connectivity index (χ4n) is 3.04. The first-order chi connectivity index (χ1) is 11.8. The standard InChI is InChI=1S/C17H22N4OS2/c1-21-8-7-18-11-14(21)15-19-16(22-20-15)12-3-5-13(6-4-12)17-23-9-2-10-24-17/h3-6,14,17-18H,2,7-11H2,1H3. The van der Waals surface area contributed by atoms with Crippen molar-refractivity contribution in [2.75, 3.05) is 38.2 Å². The molecule has 128 valence electrons. The molecule has 1 N–H and O–H groups in total. The summed E-state index contributed by atoms with van der Waals surface area (Å²) in [5.41, 5.74) is 2.37. The van der Waals surface area contributed by atoms with Gasteiger partial charge in [0.25, 0.3) is 5.89 Å². The molecule has 0 bridgehead atoms. The van der Waals surface area contributed by atoms with Crippen molar-refractivity contribution < 1.29 is 4.52 Å². The van der Waals surface area contributed by atoms with E-state index in [-0.39, 0.29) is 6.04 Å². The van der Waals surface area contributed by atoms with Crippen molar-refractivity contribution in [1.82, 2.24) is 20.4 Å². The molecular weight excluding hydrogens is 340 g/mol. The van der Waals surface area contributed by atoms with Crippen LogP contribution in [0.15, 0.2) is 28.8 Å². The van der Waals surface area contributed by atoms with Gasteiger partial charge in [-0.3, -0.25) is 4.90 Å². The van der Waals surface area contributed by atoms with E-state index in [1.54, 1.807) is 0 Å². The molecule has 24 heavy (non-hydrogen) atoms. The van der Waals surface area contributed by atoms with Gasteiger partial charge in [0, 0.05) is 25.2 Å². The van der Waals surface area contributed by atoms with Gasteiger partial charge >= 0.3 is 0 Å². The van der Waals surface area contributed by atoms with E-state index in [1.165, 1.54) is 23.5 Å². The Labute approximate surface area is 151 Å². The highest BCUT2D eigenvalue weighted by Crippen LogP contribution is 2.43. The number of rotatable bonds is 3. The highest BCUT2D eigenvalue weighted by atomic mass is 32.2. The third kappa shape index (κ3) is 3.49. The summed E-state index contributed by atoms with van der Waals surface area (Å²) in [6, 6.07) is 8.79. The van der Waals surface area contributed by atoms with Gasteiger partial charge in [-0.15, -0.1) is 23.5 Å². The Bertz CT molecular complexity index is 669. The monoisotopic (exact) mass is 362 g/mol. The van der Waals surface area contributed by atoms with Crippen molar-refractivity contribution in [3.63, 3.8) is 0 Å². The van der Waals surface area contributed by atoms with Crippen LogP contribution in [0.2, 0.25) is 0 Å². The molecule has 2 aliphatic rings. The Morgan fingerprint density at radius 3 is 2.75 bits per heavy atom. The van der Waals surface area contributed by atoms with E-state index in [4.69, 9.17) is 4.52 Å². The Morgan fingerprint density at radius 1 is 1.21 bits per heavy atom. The average Bonchev–Trinajstić information content (AvgIpc) is 3.13. The largest absolute Gasteiger partial charge is 0.334 e. The normalized spacial score (nSPS) is 23.5. The van der Waals surface area contributed by atoms with Gasteiger partial charge in [-0.05, 0) is 42.7 Å². The van der Waals surface area contributed by atoms with E-state index < -0.39 is 0 Å². The highest BCUT2D eigenvalue weighted by molar-refractivity contribution is 8.16. The lowest BCUT2D eigenvalue weighted by Gasteiger charge is -2.30. The average molecular weight is 363 g/mol. The lowest BCUT2D eigenvalue weighted by Crippen LogP contribution is -2.44. The zero-order chi connectivity index (χ0) is 16.4. The van der Waals surface area contributed by atoms with Gasteiger partial charge in [0.2, 0.25) is 0 Å². The maximum Gasteiger partial charge on any atom is 0.257 e. The van der Waals surface area contributed by atoms with Crippen LogP contribution in [0.5, 0.6) is 0 Å². The SMILES string of the molecule is CN1CCNCC1c1noc(-c2ccc(C3SCCCS3)cc2)n1. The molecule has 0 spiro atoms. The second-order valence-electron chi connectivity index (χ2n) is 6.21. The molecule has 4 rings (SSSR count). The van der Waals surface area contributed by atoms with Gasteiger partial charge in [-0.1, -0.05) is 17.3 Å². The van der Waals surface area contributed by atoms with E-state index in [1.807, 2.05) is 23.5 Å². The minimum absolute atomic E-state index is 0.186. The molecule has 3 heterocycles. The van der Waals surface area contributed by atoms with Gasteiger partial charge in [0.05, 0.1) is 10.6 Å². The molecule has 2 fully saturated rings. The number of piperazine rings is 1. The van der Waals surface area contributed by atoms with E-state index in [0.717, 1.165) is 31.0 Å². The van der Waals surface area contributed by atoms with Crippen LogP contribution in [0.1, 0.15) is 28.4 Å². The summed E-state index contributed by atoms with van der Waals surface area (Å²) in [5.74, 6) is 3.90. The summed E-state index contributed by atoms with van der Waals surface area (Å²) in [6.45, 7) is 2.88. The second kappa shape index (κ2) is 7.47. The third-order valence-corrected chi connectivity index (χ3v) is 7.52. The lowest BCUT2D eigenvalue weighted by atomic mass is 10.1. The van der Waals surface area contributed by atoms with Crippen LogP contribution in [0.25, 0.3) is 11.5 Å². The van der Waals surface area contributed by atoms with Gasteiger partial charge < -0.3 is 9.84 Å². The predicted octanol–water partition coefficient (Wildman–Crippen LogP) is 3.18. The number of aromatic nitrogens is 2. The minimum atomic E-state index is 0.186. The summed E-state index contributed by atoms with van der Waals surface area (Å²) in [6.07, 6.45) is 1.32. The molecule has 0 saturated carbocycles. The second-order valence-corrected chi connectivity index (χ2v) is 8.93. The molecule has 7 heteroatoms. The first-order valence-electron chi connectivity index (χ1n) is 8.39. The molecule has 1 aromatic heterocycles. The van der Waals surface area contributed by atoms with Crippen LogP contribution in [-0.4, -0.2) is 53.2 Å². The maximum absolute atomic E-state index is 5.51. The smallest absolute Gasteiger partial charge is 0.257 e. The molecule has 0 radical (unpaired) electrons. The Kier molecular flexibility index (Phi) is 5.12. The molecule has 2 saturated heterocycles. The first kappa shape index (κ1) is 16.4. The van der Waals surface area contributed by atoms with Crippen molar-refractivity contribution in [2.45, 2.75) is 17.0 Å². The number of nitrogens with one attached hydrogen (secondary N) is 1. The van der Waals surface area contributed by atoms with Crippen molar-refractivity contribution in [1.29, 1.82) is 0 Å². The summed E-state index contributed by atoms with van der Waals surface area (Å²) in [5, 5.41) is 7.59. The maximum atomic E-state index is 5.51.